The summed E-state index contributed by atoms with van der Waals surface area (Å²) in [6.45, 7) is 2.52. The lowest BCUT2D eigenvalue weighted by atomic mass is 9.98. The summed E-state index contributed by atoms with van der Waals surface area (Å²) in [6, 6.07) is 15.9. The number of fused-ring (bicyclic) bond motifs is 3. The Bertz CT molecular complexity index is 1010. The van der Waals surface area contributed by atoms with E-state index in [2.05, 4.69) is 34.9 Å². The van der Waals surface area contributed by atoms with Gasteiger partial charge >= 0.3 is 12.1 Å². The lowest BCUT2D eigenvalue weighted by Crippen LogP contribution is -2.41. The van der Waals surface area contributed by atoms with Crippen molar-refractivity contribution in [3.63, 3.8) is 0 Å². The van der Waals surface area contributed by atoms with Crippen LogP contribution >= 0.6 is 0 Å². The van der Waals surface area contributed by atoms with Gasteiger partial charge in [-0.05, 0) is 35.1 Å². The average Bonchev–Trinajstić information content (AvgIpc) is 3.44. The second-order valence-electron chi connectivity index (χ2n) is 8.81. The number of carbonyl (C=O) groups excluding carboxylic acids is 2. The number of amides is 2. The van der Waals surface area contributed by atoms with Crippen molar-refractivity contribution in [1.29, 1.82) is 0 Å². The molecule has 0 radical (unpaired) electrons. The molecule has 0 spiro atoms. The number of nitrogens with one attached hydrogen (secondary N) is 2. The predicted molar refractivity (Wildman–Crippen MR) is 125 cm³/mol. The number of aliphatic carboxylic acids is 1. The Morgan fingerprint density at radius 2 is 1.74 bits per heavy atom. The molecule has 1 heterocycles. The molecule has 4 rings (SSSR count). The minimum Gasteiger partial charge on any atom is -0.481 e. The van der Waals surface area contributed by atoms with Crippen molar-refractivity contribution in [2.75, 3.05) is 19.8 Å². The highest BCUT2D eigenvalue weighted by molar-refractivity contribution is 5.79. The second kappa shape index (κ2) is 10.7. The zero-order valence-corrected chi connectivity index (χ0v) is 19.2. The second-order valence-corrected chi connectivity index (χ2v) is 8.81. The number of hydrogen-bond donors (Lipinski definition) is 3. The van der Waals surface area contributed by atoms with Crippen LogP contribution in [0.4, 0.5) is 4.79 Å². The van der Waals surface area contributed by atoms with Crippen LogP contribution in [0.2, 0.25) is 0 Å². The Balaban J connectivity index is 1.25. The van der Waals surface area contributed by atoms with Crippen molar-refractivity contribution in [3.8, 4) is 11.1 Å². The van der Waals surface area contributed by atoms with Crippen molar-refractivity contribution in [1.82, 2.24) is 10.6 Å². The summed E-state index contributed by atoms with van der Waals surface area (Å²) in [4.78, 5) is 35.8. The lowest BCUT2D eigenvalue weighted by molar-refractivity contribution is -0.141. The normalized spacial score (nSPS) is 19.7. The van der Waals surface area contributed by atoms with Crippen molar-refractivity contribution in [3.05, 3.63) is 59.7 Å². The van der Waals surface area contributed by atoms with E-state index in [4.69, 9.17) is 14.6 Å². The van der Waals surface area contributed by atoms with E-state index in [1.807, 2.05) is 31.2 Å². The third-order valence-electron chi connectivity index (χ3n) is 6.55. The summed E-state index contributed by atoms with van der Waals surface area (Å²) in [5, 5.41) is 14.6. The van der Waals surface area contributed by atoms with Crippen LogP contribution in [0.1, 0.15) is 43.2 Å². The molecular formula is C26H30N2O6. The molecule has 3 N–H and O–H groups in total. The highest BCUT2D eigenvalue weighted by Gasteiger charge is 2.31. The van der Waals surface area contributed by atoms with E-state index in [9.17, 15) is 14.4 Å². The minimum atomic E-state index is -0.882. The number of hydrogen-bond acceptors (Lipinski definition) is 5. The molecular weight excluding hydrogens is 436 g/mol. The summed E-state index contributed by atoms with van der Waals surface area (Å²) < 4.78 is 11.0. The van der Waals surface area contributed by atoms with Gasteiger partial charge < -0.3 is 25.2 Å². The van der Waals surface area contributed by atoms with E-state index in [-0.39, 0.29) is 50.2 Å². The molecule has 3 atom stereocenters. The van der Waals surface area contributed by atoms with Crippen LogP contribution in [0, 0.1) is 5.92 Å². The van der Waals surface area contributed by atoms with Gasteiger partial charge in [0.25, 0.3) is 0 Å². The quantitative estimate of drug-likeness (QED) is 0.523. The first-order valence-electron chi connectivity index (χ1n) is 11.7. The molecule has 1 fully saturated rings. The van der Waals surface area contributed by atoms with Crippen LogP contribution in [0.25, 0.3) is 11.1 Å². The van der Waals surface area contributed by atoms with E-state index < -0.39 is 18.0 Å². The fraction of sp³-hybridized carbons (Fsp3) is 0.423. The zero-order chi connectivity index (χ0) is 24.1. The molecule has 2 aromatic rings. The number of carbonyl (C=O) groups is 3. The maximum absolute atomic E-state index is 12.5. The molecule has 2 amide bonds. The van der Waals surface area contributed by atoms with Crippen LogP contribution in [0.15, 0.2) is 48.5 Å². The summed E-state index contributed by atoms with van der Waals surface area (Å²) in [6.07, 6.45) is 0.198. The monoisotopic (exact) mass is 466 g/mol. The number of carboxylic acid groups (broad SMARTS) is 1. The zero-order valence-electron chi connectivity index (χ0n) is 19.2. The molecule has 8 heteroatoms. The van der Waals surface area contributed by atoms with Crippen LogP contribution in [0.5, 0.6) is 0 Å². The van der Waals surface area contributed by atoms with Crippen LogP contribution in [0.3, 0.4) is 0 Å². The summed E-state index contributed by atoms with van der Waals surface area (Å²) in [5.74, 6) is -1.66. The fourth-order valence-electron chi connectivity index (χ4n) is 4.65. The topological polar surface area (TPSA) is 114 Å². The molecule has 0 unspecified atom stereocenters. The van der Waals surface area contributed by atoms with Gasteiger partial charge in [-0.15, -0.1) is 0 Å². The molecule has 1 saturated heterocycles. The Kier molecular flexibility index (Phi) is 7.47. The van der Waals surface area contributed by atoms with Crippen molar-refractivity contribution in [2.24, 2.45) is 5.92 Å². The molecule has 1 aliphatic heterocycles. The highest BCUT2D eigenvalue weighted by Crippen LogP contribution is 2.44. The molecule has 8 nitrogen and oxygen atoms in total. The van der Waals surface area contributed by atoms with Gasteiger partial charge in [-0.1, -0.05) is 55.5 Å². The summed E-state index contributed by atoms with van der Waals surface area (Å²) in [5.41, 5.74) is 4.61. The standard InChI is InChI=1S/C26H30N2O6/c1-2-17(12-24(29)27-13-18-11-16(14-33-18)25(30)31)28-26(32)34-15-23-21-9-5-3-7-19(21)20-8-4-6-10-22(20)23/h3-10,16-18,23H,2,11-15H2,1H3,(H,27,29)(H,28,32)(H,30,31)/t16-,17-,18-/m1/s1. The molecule has 34 heavy (non-hydrogen) atoms. The SMILES string of the molecule is CC[C@H](CC(=O)NC[C@H]1C[C@@H](C(=O)O)CO1)NC(=O)OCC1c2ccccc2-c2ccccc21. The maximum atomic E-state index is 12.5. The van der Waals surface area contributed by atoms with E-state index in [1.54, 1.807) is 0 Å². The van der Waals surface area contributed by atoms with E-state index >= 15 is 0 Å². The smallest absolute Gasteiger partial charge is 0.407 e. The lowest BCUT2D eigenvalue weighted by Gasteiger charge is -2.19. The summed E-state index contributed by atoms with van der Waals surface area (Å²) in [7, 11) is 0. The third-order valence-corrected chi connectivity index (χ3v) is 6.55. The summed E-state index contributed by atoms with van der Waals surface area (Å²) >= 11 is 0. The Hall–Kier alpha value is -3.39. The highest BCUT2D eigenvalue weighted by atomic mass is 16.5. The molecule has 0 saturated carbocycles. The molecule has 180 valence electrons. The Morgan fingerprint density at radius 3 is 2.32 bits per heavy atom. The van der Waals surface area contributed by atoms with Gasteiger partial charge in [-0.25, -0.2) is 4.79 Å². The van der Waals surface area contributed by atoms with Gasteiger partial charge in [-0.2, -0.15) is 0 Å². The predicted octanol–water partition coefficient (Wildman–Crippen LogP) is 3.30. The van der Waals surface area contributed by atoms with Crippen molar-refractivity contribution in [2.45, 2.75) is 44.2 Å². The van der Waals surface area contributed by atoms with E-state index in [0.29, 0.717) is 12.8 Å². The number of rotatable bonds is 9. The van der Waals surface area contributed by atoms with Crippen LogP contribution in [-0.2, 0) is 19.1 Å². The number of carboxylic acids is 1. The van der Waals surface area contributed by atoms with Gasteiger partial charge in [0.15, 0.2) is 0 Å². The van der Waals surface area contributed by atoms with E-state index in [0.717, 1.165) is 22.3 Å². The molecule has 0 bridgehead atoms. The first-order chi connectivity index (χ1) is 16.5. The largest absolute Gasteiger partial charge is 0.481 e. The third kappa shape index (κ3) is 5.39. The first kappa shape index (κ1) is 23.8. The van der Waals surface area contributed by atoms with Crippen LogP contribution in [-0.4, -0.2) is 55.0 Å². The first-order valence-corrected chi connectivity index (χ1v) is 11.7. The van der Waals surface area contributed by atoms with Gasteiger partial charge in [-0.3, -0.25) is 9.59 Å². The average molecular weight is 467 g/mol. The molecule has 2 aromatic carbocycles. The van der Waals surface area contributed by atoms with Crippen molar-refractivity contribution < 1.29 is 29.0 Å². The Labute approximate surface area is 198 Å². The minimum absolute atomic E-state index is 0.0254. The molecule has 1 aliphatic carbocycles. The molecule has 2 aliphatic rings. The number of benzene rings is 2. The molecule has 0 aromatic heterocycles. The van der Waals surface area contributed by atoms with Crippen molar-refractivity contribution >= 4 is 18.0 Å². The van der Waals surface area contributed by atoms with Crippen LogP contribution < -0.4 is 10.6 Å². The van der Waals surface area contributed by atoms with Gasteiger partial charge in [0.2, 0.25) is 5.91 Å². The fourth-order valence-corrected chi connectivity index (χ4v) is 4.65. The van der Waals surface area contributed by atoms with E-state index in [1.165, 1.54) is 0 Å². The van der Waals surface area contributed by atoms with Gasteiger partial charge in [0.05, 0.1) is 18.6 Å². The van der Waals surface area contributed by atoms with Gasteiger partial charge in [0, 0.05) is 24.9 Å². The van der Waals surface area contributed by atoms with Gasteiger partial charge in [0.1, 0.15) is 6.61 Å². The number of ether oxygens (including phenoxy) is 2. The Morgan fingerprint density at radius 1 is 1.09 bits per heavy atom. The number of alkyl carbamates (subject to hydrolysis) is 1. The maximum Gasteiger partial charge on any atom is 0.407 e.